The Bertz CT molecular complexity index is 451. The van der Waals surface area contributed by atoms with E-state index in [2.05, 4.69) is 61.0 Å². The molecule has 0 unspecified atom stereocenters. The van der Waals surface area contributed by atoms with Crippen molar-refractivity contribution in [3.8, 4) is 0 Å². The maximum absolute atomic E-state index is 11.9. The second-order valence-corrected chi connectivity index (χ2v) is 6.61. The summed E-state index contributed by atoms with van der Waals surface area (Å²) in [5.74, 6) is 0.567. The highest BCUT2D eigenvalue weighted by Crippen LogP contribution is 2.14. The summed E-state index contributed by atoms with van der Waals surface area (Å²) in [7, 11) is 1.66. The van der Waals surface area contributed by atoms with Crippen molar-refractivity contribution >= 4 is 6.03 Å². The van der Waals surface area contributed by atoms with Crippen LogP contribution in [0.5, 0.6) is 0 Å². The maximum Gasteiger partial charge on any atom is 0.314 e. The van der Waals surface area contributed by atoms with E-state index in [-0.39, 0.29) is 18.1 Å². The fraction of sp³-hybridized carbons (Fsp3) is 0.632. The largest absolute Gasteiger partial charge is 0.385 e. The monoisotopic (exact) mass is 335 g/mol. The first kappa shape index (κ1) is 20.5. The molecule has 0 aliphatic carbocycles. The van der Waals surface area contributed by atoms with Crippen LogP contribution in [0, 0.1) is 5.92 Å². The van der Waals surface area contributed by atoms with E-state index in [9.17, 15) is 4.79 Å². The summed E-state index contributed by atoms with van der Waals surface area (Å²) in [6, 6.07) is 10.8. The topological polar surface area (TPSA) is 62.4 Å². The van der Waals surface area contributed by atoms with Crippen molar-refractivity contribution in [2.75, 3.05) is 26.8 Å². The normalized spacial score (nSPS) is 13.5. The molecule has 24 heavy (non-hydrogen) atoms. The number of rotatable bonds is 11. The zero-order valence-electron chi connectivity index (χ0n) is 15.5. The van der Waals surface area contributed by atoms with Gasteiger partial charge < -0.3 is 20.7 Å². The number of benzene rings is 1. The molecule has 5 heteroatoms. The first-order valence-electron chi connectivity index (χ1n) is 8.84. The molecule has 2 atom stereocenters. The predicted molar refractivity (Wildman–Crippen MR) is 99.1 cm³/mol. The van der Waals surface area contributed by atoms with Crippen LogP contribution in [-0.4, -0.2) is 38.9 Å². The molecule has 2 amide bonds. The quantitative estimate of drug-likeness (QED) is 0.545. The van der Waals surface area contributed by atoms with Crippen molar-refractivity contribution in [3.63, 3.8) is 0 Å². The zero-order valence-corrected chi connectivity index (χ0v) is 15.5. The Morgan fingerprint density at radius 3 is 2.46 bits per heavy atom. The molecule has 0 saturated heterocycles. The molecule has 0 spiro atoms. The number of hydrogen-bond acceptors (Lipinski definition) is 3. The summed E-state index contributed by atoms with van der Waals surface area (Å²) in [5.41, 5.74) is 1.26. The molecule has 0 aliphatic heterocycles. The Kier molecular flexibility index (Phi) is 10.1. The molecule has 136 valence electrons. The molecule has 0 saturated carbocycles. The Morgan fingerprint density at radius 2 is 1.83 bits per heavy atom. The van der Waals surface area contributed by atoms with E-state index in [0.29, 0.717) is 25.6 Å². The van der Waals surface area contributed by atoms with Gasteiger partial charge in [0.1, 0.15) is 0 Å². The van der Waals surface area contributed by atoms with Crippen molar-refractivity contribution in [2.45, 2.75) is 45.7 Å². The van der Waals surface area contributed by atoms with Gasteiger partial charge in [-0.2, -0.15) is 0 Å². The highest BCUT2D eigenvalue weighted by molar-refractivity contribution is 5.73. The lowest BCUT2D eigenvalue weighted by Crippen LogP contribution is -2.46. The fourth-order valence-corrected chi connectivity index (χ4v) is 2.67. The highest BCUT2D eigenvalue weighted by atomic mass is 16.5. The van der Waals surface area contributed by atoms with Gasteiger partial charge in [0.15, 0.2) is 0 Å². The van der Waals surface area contributed by atoms with Crippen LogP contribution in [0.4, 0.5) is 4.79 Å². The van der Waals surface area contributed by atoms with Gasteiger partial charge in [-0.1, -0.05) is 44.2 Å². The number of nitrogens with one attached hydrogen (secondary N) is 3. The molecule has 0 aromatic heterocycles. The summed E-state index contributed by atoms with van der Waals surface area (Å²) in [4.78, 5) is 11.9. The Hall–Kier alpha value is -1.59. The van der Waals surface area contributed by atoms with Crippen LogP contribution in [0.2, 0.25) is 0 Å². The van der Waals surface area contributed by atoms with Gasteiger partial charge in [0.25, 0.3) is 0 Å². The first-order valence-corrected chi connectivity index (χ1v) is 8.84. The van der Waals surface area contributed by atoms with E-state index < -0.39 is 0 Å². The first-order chi connectivity index (χ1) is 11.5. The van der Waals surface area contributed by atoms with E-state index in [1.807, 2.05) is 6.07 Å². The number of amides is 2. The molecule has 0 radical (unpaired) electrons. The lowest BCUT2D eigenvalue weighted by molar-refractivity contribution is 0.193. The minimum Gasteiger partial charge on any atom is -0.385 e. The second kappa shape index (κ2) is 11.9. The summed E-state index contributed by atoms with van der Waals surface area (Å²) in [5, 5.41) is 9.46. The van der Waals surface area contributed by atoms with Gasteiger partial charge in [0.05, 0.1) is 0 Å². The number of hydrogen-bond donors (Lipinski definition) is 3. The van der Waals surface area contributed by atoms with Gasteiger partial charge in [0, 0.05) is 38.9 Å². The molecule has 5 nitrogen and oxygen atoms in total. The number of methoxy groups -OCH3 is 1. The molecule has 0 aliphatic rings. The van der Waals surface area contributed by atoms with Crippen LogP contribution < -0.4 is 16.0 Å². The van der Waals surface area contributed by atoms with Crippen LogP contribution in [0.1, 0.15) is 45.2 Å². The standard InChI is InChI=1S/C19H33N3O2/c1-15(2)13-18(14-21-19(23)20-11-8-12-24-4)22-16(3)17-9-6-5-7-10-17/h5-7,9-10,15-16,18,22H,8,11-14H2,1-4H3,(H2,20,21,23)/t16-,18-/m1/s1. The van der Waals surface area contributed by atoms with E-state index in [1.165, 1.54) is 5.56 Å². The van der Waals surface area contributed by atoms with E-state index in [4.69, 9.17) is 4.74 Å². The van der Waals surface area contributed by atoms with Gasteiger partial charge in [-0.25, -0.2) is 4.79 Å². The van der Waals surface area contributed by atoms with Gasteiger partial charge in [-0.05, 0) is 31.2 Å². The third-order valence-electron chi connectivity index (χ3n) is 3.86. The van der Waals surface area contributed by atoms with E-state index in [1.54, 1.807) is 7.11 Å². The number of carbonyl (C=O) groups excluding carboxylic acids is 1. The van der Waals surface area contributed by atoms with Gasteiger partial charge >= 0.3 is 6.03 Å². The molecule has 3 N–H and O–H groups in total. The Labute approximate surface area is 146 Å². The van der Waals surface area contributed by atoms with Crippen LogP contribution >= 0.6 is 0 Å². The predicted octanol–water partition coefficient (Wildman–Crippen LogP) is 3.09. The van der Waals surface area contributed by atoms with Crippen LogP contribution in [0.25, 0.3) is 0 Å². The summed E-state index contributed by atoms with van der Waals surface area (Å²) in [6.07, 6.45) is 1.84. The fourth-order valence-electron chi connectivity index (χ4n) is 2.67. The highest BCUT2D eigenvalue weighted by Gasteiger charge is 2.15. The van der Waals surface area contributed by atoms with Crippen molar-refractivity contribution in [3.05, 3.63) is 35.9 Å². The third kappa shape index (κ3) is 8.89. The van der Waals surface area contributed by atoms with E-state index in [0.717, 1.165) is 12.8 Å². The average Bonchev–Trinajstić information content (AvgIpc) is 2.57. The van der Waals surface area contributed by atoms with Crippen LogP contribution in [0.15, 0.2) is 30.3 Å². The van der Waals surface area contributed by atoms with Gasteiger partial charge in [0.2, 0.25) is 0 Å². The molecule has 0 heterocycles. The second-order valence-electron chi connectivity index (χ2n) is 6.61. The van der Waals surface area contributed by atoms with Crippen molar-refractivity contribution in [2.24, 2.45) is 5.92 Å². The molecule has 1 rings (SSSR count). The van der Waals surface area contributed by atoms with Gasteiger partial charge in [-0.15, -0.1) is 0 Å². The molecule has 0 fully saturated rings. The molecular weight excluding hydrogens is 302 g/mol. The van der Waals surface area contributed by atoms with Crippen molar-refractivity contribution in [1.82, 2.24) is 16.0 Å². The Morgan fingerprint density at radius 1 is 1.12 bits per heavy atom. The molecule has 1 aromatic rings. The van der Waals surface area contributed by atoms with E-state index >= 15 is 0 Å². The number of ether oxygens (including phenoxy) is 1. The van der Waals surface area contributed by atoms with Crippen LogP contribution in [-0.2, 0) is 4.74 Å². The lowest BCUT2D eigenvalue weighted by Gasteiger charge is -2.25. The summed E-state index contributed by atoms with van der Waals surface area (Å²) in [6.45, 7) is 8.47. The van der Waals surface area contributed by atoms with Crippen molar-refractivity contribution in [1.29, 1.82) is 0 Å². The molecule has 1 aromatic carbocycles. The minimum absolute atomic E-state index is 0.117. The van der Waals surface area contributed by atoms with Crippen molar-refractivity contribution < 1.29 is 9.53 Å². The molecular formula is C19H33N3O2. The lowest BCUT2D eigenvalue weighted by atomic mass is 10.0. The smallest absolute Gasteiger partial charge is 0.314 e. The average molecular weight is 335 g/mol. The number of urea groups is 1. The zero-order chi connectivity index (χ0) is 17.8. The Balaban J connectivity index is 2.43. The molecule has 0 bridgehead atoms. The van der Waals surface area contributed by atoms with Gasteiger partial charge in [-0.3, -0.25) is 0 Å². The summed E-state index contributed by atoms with van der Waals surface area (Å²) < 4.78 is 4.97. The SMILES string of the molecule is COCCCNC(=O)NC[C@@H](CC(C)C)N[C@H](C)c1ccccc1. The number of carbonyl (C=O) groups is 1. The summed E-state index contributed by atoms with van der Waals surface area (Å²) >= 11 is 0. The minimum atomic E-state index is -0.117. The third-order valence-corrected chi connectivity index (χ3v) is 3.86. The van der Waals surface area contributed by atoms with Crippen LogP contribution in [0.3, 0.4) is 0 Å². The maximum atomic E-state index is 11.9.